The van der Waals surface area contributed by atoms with E-state index in [0.717, 1.165) is 44.9 Å². The Bertz CT molecular complexity index is 932. The summed E-state index contributed by atoms with van der Waals surface area (Å²) in [4.78, 5) is 13.0. The molecule has 1 aliphatic rings. The number of carbonyl (C=O) groups is 1. The Labute approximate surface area is 335 Å². The first-order valence-corrected chi connectivity index (χ1v) is 22.7. The van der Waals surface area contributed by atoms with E-state index in [2.05, 4.69) is 31.3 Å². The van der Waals surface area contributed by atoms with Gasteiger partial charge in [-0.3, -0.25) is 4.79 Å². The van der Waals surface area contributed by atoms with E-state index in [-0.39, 0.29) is 6.61 Å². The van der Waals surface area contributed by atoms with Crippen LogP contribution in [0.2, 0.25) is 0 Å². The Morgan fingerprint density at radius 3 is 1.53 bits per heavy atom. The zero-order valence-electron chi connectivity index (χ0n) is 35.0. The van der Waals surface area contributed by atoms with Crippen LogP contribution in [0.4, 0.5) is 0 Å². The summed E-state index contributed by atoms with van der Waals surface area (Å²) in [6.45, 7) is 3.58. The zero-order chi connectivity index (χ0) is 40.4. The molecule has 0 aliphatic carbocycles. The van der Waals surface area contributed by atoms with Gasteiger partial charge in [0.15, 0.2) is 6.29 Å². The van der Waals surface area contributed by atoms with Crippen LogP contribution in [0.3, 0.4) is 0 Å². The molecule has 10 nitrogen and oxygen atoms in total. The van der Waals surface area contributed by atoms with Crippen LogP contribution in [0.25, 0.3) is 0 Å². The molecule has 1 amide bonds. The van der Waals surface area contributed by atoms with Gasteiger partial charge in [-0.2, -0.15) is 0 Å². The fraction of sp³-hybridized carbons (Fsp3) is 0.889. The average Bonchev–Trinajstić information content (AvgIpc) is 3.18. The van der Waals surface area contributed by atoms with Gasteiger partial charge in [-0.15, -0.1) is 0 Å². The molecule has 7 N–H and O–H groups in total. The van der Waals surface area contributed by atoms with Crippen molar-refractivity contribution in [3.05, 3.63) is 24.3 Å². The van der Waals surface area contributed by atoms with E-state index in [1.165, 1.54) is 122 Å². The summed E-state index contributed by atoms with van der Waals surface area (Å²) in [6, 6.07) is -0.979. The van der Waals surface area contributed by atoms with Crippen molar-refractivity contribution in [3.63, 3.8) is 0 Å². The predicted octanol–water partition coefficient (Wildman–Crippen LogP) is 8.08. The third-order valence-corrected chi connectivity index (χ3v) is 10.9. The third kappa shape index (κ3) is 26.3. The molecule has 1 saturated heterocycles. The van der Waals surface area contributed by atoms with Crippen LogP contribution in [-0.2, 0) is 14.3 Å². The van der Waals surface area contributed by atoms with E-state index in [1.54, 1.807) is 6.08 Å². The number of allylic oxidation sites excluding steroid dienone is 3. The van der Waals surface area contributed by atoms with Crippen LogP contribution in [0, 0.1) is 0 Å². The van der Waals surface area contributed by atoms with E-state index >= 15 is 0 Å². The monoisotopic (exact) mass is 784 g/mol. The standard InChI is InChI=1S/C45H85NO9/c1-3-5-7-9-11-13-15-16-17-18-19-20-21-22-24-26-28-30-32-34-39(49)44(53)46-37(36-54-45-43(52)42(51)41(50)40(35-47)55-45)38(48)33-31-29-27-25-23-14-12-10-8-6-4-2/h19-20,31,33,37-43,45,47-52H,3-18,21-30,32,34-36H2,1-2H3,(H,46,53)/b20-19-,33-31+. The first kappa shape index (κ1) is 51.6. The number of carbonyl (C=O) groups excluding carboxylic acids is 1. The number of aliphatic hydroxyl groups is 6. The summed E-state index contributed by atoms with van der Waals surface area (Å²) in [6.07, 6.45) is 31.2. The minimum absolute atomic E-state index is 0.304. The van der Waals surface area contributed by atoms with Crippen LogP contribution in [-0.4, -0.2) is 98.7 Å². The minimum Gasteiger partial charge on any atom is -0.394 e. The third-order valence-electron chi connectivity index (χ3n) is 10.9. The van der Waals surface area contributed by atoms with Gasteiger partial charge in [-0.1, -0.05) is 173 Å². The molecule has 0 spiro atoms. The molecule has 324 valence electrons. The lowest BCUT2D eigenvalue weighted by molar-refractivity contribution is -0.302. The van der Waals surface area contributed by atoms with Gasteiger partial charge in [-0.05, 0) is 44.9 Å². The Kier molecular flexibility index (Phi) is 33.6. The molecule has 1 aliphatic heterocycles. The number of hydrogen-bond donors (Lipinski definition) is 7. The first-order valence-electron chi connectivity index (χ1n) is 22.7. The maximum Gasteiger partial charge on any atom is 0.249 e. The van der Waals surface area contributed by atoms with Gasteiger partial charge < -0.3 is 45.4 Å². The molecular formula is C45H85NO9. The number of aliphatic hydroxyl groups excluding tert-OH is 6. The summed E-state index contributed by atoms with van der Waals surface area (Å²) in [5.74, 6) is -0.622. The molecule has 1 heterocycles. The Morgan fingerprint density at radius 1 is 0.618 bits per heavy atom. The largest absolute Gasteiger partial charge is 0.394 e. The highest BCUT2D eigenvalue weighted by Crippen LogP contribution is 2.22. The second-order valence-electron chi connectivity index (χ2n) is 16.0. The molecule has 0 radical (unpaired) electrons. The lowest BCUT2D eigenvalue weighted by Crippen LogP contribution is -2.60. The van der Waals surface area contributed by atoms with Crippen LogP contribution in [0.1, 0.15) is 194 Å². The fourth-order valence-corrected chi connectivity index (χ4v) is 7.10. The second-order valence-corrected chi connectivity index (χ2v) is 16.0. The van der Waals surface area contributed by atoms with Gasteiger partial charge in [-0.25, -0.2) is 0 Å². The lowest BCUT2D eigenvalue weighted by atomic mass is 9.99. The maximum absolute atomic E-state index is 13.0. The van der Waals surface area contributed by atoms with E-state index < -0.39 is 61.5 Å². The lowest BCUT2D eigenvalue weighted by Gasteiger charge is -2.40. The zero-order valence-corrected chi connectivity index (χ0v) is 35.0. The van der Waals surface area contributed by atoms with Crippen molar-refractivity contribution in [3.8, 4) is 0 Å². The van der Waals surface area contributed by atoms with Gasteiger partial charge in [0.25, 0.3) is 0 Å². The van der Waals surface area contributed by atoms with Gasteiger partial charge in [0, 0.05) is 0 Å². The van der Waals surface area contributed by atoms with E-state index in [0.29, 0.717) is 12.8 Å². The van der Waals surface area contributed by atoms with Gasteiger partial charge in [0.05, 0.1) is 25.4 Å². The molecule has 8 atom stereocenters. The molecule has 0 saturated carbocycles. The highest BCUT2D eigenvalue weighted by atomic mass is 16.7. The van der Waals surface area contributed by atoms with Crippen molar-refractivity contribution >= 4 is 5.91 Å². The number of amides is 1. The topological polar surface area (TPSA) is 169 Å². The molecule has 1 fully saturated rings. The van der Waals surface area contributed by atoms with Crippen LogP contribution in [0.5, 0.6) is 0 Å². The summed E-state index contributed by atoms with van der Waals surface area (Å²) < 4.78 is 11.1. The van der Waals surface area contributed by atoms with E-state index in [1.807, 2.05) is 6.08 Å². The van der Waals surface area contributed by atoms with Gasteiger partial charge in [0.2, 0.25) is 5.91 Å². The van der Waals surface area contributed by atoms with Crippen LogP contribution in [0.15, 0.2) is 24.3 Å². The van der Waals surface area contributed by atoms with Gasteiger partial charge >= 0.3 is 0 Å². The maximum atomic E-state index is 13.0. The molecule has 0 aromatic carbocycles. The molecule has 10 heteroatoms. The Balaban J connectivity index is 2.39. The molecule has 0 bridgehead atoms. The minimum atomic E-state index is -1.61. The summed E-state index contributed by atoms with van der Waals surface area (Å²) in [7, 11) is 0. The average molecular weight is 784 g/mol. The summed E-state index contributed by atoms with van der Waals surface area (Å²) in [5, 5.41) is 64.5. The first-order chi connectivity index (χ1) is 26.8. The van der Waals surface area contributed by atoms with Crippen molar-refractivity contribution in [2.45, 2.75) is 243 Å². The molecule has 55 heavy (non-hydrogen) atoms. The van der Waals surface area contributed by atoms with Crippen molar-refractivity contribution in [1.29, 1.82) is 0 Å². The second kappa shape index (κ2) is 35.8. The number of nitrogens with one attached hydrogen (secondary N) is 1. The van der Waals surface area contributed by atoms with Crippen LogP contribution >= 0.6 is 0 Å². The summed E-state index contributed by atoms with van der Waals surface area (Å²) in [5.41, 5.74) is 0. The molecule has 1 rings (SSSR count). The van der Waals surface area contributed by atoms with Crippen LogP contribution < -0.4 is 5.32 Å². The highest BCUT2D eigenvalue weighted by Gasteiger charge is 2.44. The van der Waals surface area contributed by atoms with Gasteiger partial charge in [0.1, 0.15) is 30.5 Å². The smallest absolute Gasteiger partial charge is 0.249 e. The van der Waals surface area contributed by atoms with Crippen molar-refractivity contribution < 1.29 is 44.9 Å². The Morgan fingerprint density at radius 2 is 1.05 bits per heavy atom. The molecular weight excluding hydrogens is 698 g/mol. The SMILES string of the molecule is CCCCCCCCCCC/C=C\CCCCCCCCC(O)C(=O)NC(COC1OC(CO)C(O)C(O)C1O)C(O)/C=C/CCCCCCCCCCC. The number of ether oxygens (including phenoxy) is 2. The number of hydrogen-bond acceptors (Lipinski definition) is 9. The number of rotatable bonds is 37. The predicted molar refractivity (Wildman–Crippen MR) is 223 cm³/mol. The number of unbranched alkanes of at least 4 members (excludes halogenated alkanes) is 24. The molecule has 0 aromatic heterocycles. The molecule has 8 unspecified atom stereocenters. The van der Waals surface area contributed by atoms with E-state index in [9.17, 15) is 35.4 Å². The normalized spacial score (nSPS) is 22.1. The highest BCUT2D eigenvalue weighted by molar-refractivity contribution is 5.80. The molecule has 0 aromatic rings. The van der Waals surface area contributed by atoms with Crippen molar-refractivity contribution in [2.75, 3.05) is 13.2 Å². The summed E-state index contributed by atoms with van der Waals surface area (Å²) >= 11 is 0. The fourth-order valence-electron chi connectivity index (χ4n) is 7.10. The van der Waals surface area contributed by atoms with Crippen molar-refractivity contribution in [1.82, 2.24) is 5.32 Å². The quantitative estimate of drug-likeness (QED) is 0.0243. The van der Waals surface area contributed by atoms with Crippen molar-refractivity contribution in [2.24, 2.45) is 0 Å². The Hall–Kier alpha value is -1.37. The van der Waals surface area contributed by atoms with E-state index in [4.69, 9.17) is 9.47 Å².